The van der Waals surface area contributed by atoms with Gasteiger partial charge in [-0.2, -0.15) is 0 Å². The molecule has 0 unspecified atom stereocenters. The molecule has 0 heterocycles. The predicted octanol–water partition coefficient (Wildman–Crippen LogP) is 6.42. The number of aliphatic hydroxyl groups excluding tert-OH is 2. The maximum atomic E-state index is 9.66. The normalized spacial score (nSPS) is 16.8. The van der Waals surface area contributed by atoms with Crippen molar-refractivity contribution in [2.75, 3.05) is 0 Å². The second kappa shape index (κ2) is 24.4. The molecule has 4 atom stereocenters. The molecule has 6 N–H and O–H groups in total. The Balaban J connectivity index is 3.54. The first-order valence-corrected chi connectivity index (χ1v) is 13.2. The minimum absolute atomic E-state index is 0.117. The summed E-state index contributed by atoms with van der Waals surface area (Å²) < 4.78 is 0. The highest BCUT2D eigenvalue weighted by atomic mass is 16.3. The Bertz CT molecular complexity index is 615. The number of aliphatic hydroxyl groups is 2. The number of hydrogen-bond acceptors (Lipinski definition) is 4. The van der Waals surface area contributed by atoms with Gasteiger partial charge < -0.3 is 21.7 Å². The van der Waals surface area contributed by atoms with Crippen molar-refractivity contribution >= 4 is 0 Å². The molecule has 0 rings (SSSR count). The molecule has 4 nitrogen and oxygen atoms in total. The predicted molar refractivity (Wildman–Crippen MR) is 150 cm³/mol. The molecular formula is C30H52N2O2. The van der Waals surface area contributed by atoms with Crippen LogP contribution >= 0.6 is 0 Å². The Labute approximate surface area is 209 Å². The largest absolute Gasteiger partial charge is 0.392 e. The molecule has 0 aliphatic heterocycles. The molecule has 34 heavy (non-hydrogen) atoms. The summed E-state index contributed by atoms with van der Waals surface area (Å²) in [4.78, 5) is 0. The zero-order valence-electron chi connectivity index (χ0n) is 21.8. The second-order valence-corrected chi connectivity index (χ2v) is 9.09. The van der Waals surface area contributed by atoms with Crippen molar-refractivity contribution in [1.82, 2.24) is 0 Å². The lowest BCUT2D eigenvalue weighted by molar-refractivity contribution is 0.138. The smallest absolute Gasteiger partial charge is 0.0722 e. The first-order chi connectivity index (χ1) is 16.4. The van der Waals surface area contributed by atoms with E-state index in [4.69, 9.17) is 11.5 Å². The number of allylic oxidation sites excluding steroid dienone is 11. The van der Waals surface area contributed by atoms with Gasteiger partial charge in [-0.1, -0.05) is 92.2 Å². The van der Waals surface area contributed by atoms with Crippen molar-refractivity contribution in [3.05, 3.63) is 72.9 Å². The lowest BCUT2D eigenvalue weighted by atomic mass is 10.0. The molecule has 0 bridgehead atoms. The summed E-state index contributed by atoms with van der Waals surface area (Å²) in [5.41, 5.74) is 11.3. The van der Waals surface area contributed by atoms with Crippen molar-refractivity contribution in [3.8, 4) is 0 Å². The zero-order chi connectivity index (χ0) is 25.3. The van der Waals surface area contributed by atoms with Gasteiger partial charge in [-0.3, -0.25) is 0 Å². The van der Waals surface area contributed by atoms with Crippen LogP contribution in [0.3, 0.4) is 0 Å². The summed E-state index contributed by atoms with van der Waals surface area (Å²) in [6, 6.07) is -0.295. The number of hydrogen-bond donors (Lipinski definition) is 4. The molecule has 194 valence electrons. The fourth-order valence-electron chi connectivity index (χ4n) is 3.16. The maximum absolute atomic E-state index is 9.66. The molecule has 0 amide bonds. The van der Waals surface area contributed by atoms with Gasteiger partial charge in [0.25, 0.3) is 0 Å². The molecule has 0 spiro atoms. The molecule has 0 aliphatic rings. The van der Waals surface area contributed by atoms with Crippen LogP contribution in [-0.2, 0) is 0 Å². The Morgan fingerprint density at radius 1 is 0.500 bits per heavy atom. The summed E-state index contributed by atoms with van der Waals surface area (Å²) in [7, 11) is 0. The van der Waals surface area contributed by atoms with Crippen molar-refractivity contribution in [1.29, 1.82) is 0 Å². The van der Waals surface area contributed by atoms with Crippen LogP contribution in [0, 0.1) is 0 Å². The highest BCUT2D eigenvalue weighted by Crippen LogP contribution is 2.09. The van der Waals surface area contributed by atoms with Gasteiger partial charge in [0.15, 0.2) is 0 Å². The molecule has 0 aromatic carbocycles. The summed E-state index contributed by atoms with van der Waals surface area (Å²) in [5.74, 6) is 0. The Hall–Kier alpha value is -1.72. The van der Waals surface area contributed by atoms with Crippen molar-refractivity contribution in [3.63, 3.8) is 0 Å². The van der Waals surface area contributed by atoms with Crippen molar-refractivity contribution < 1.29 is 10.2 Å². The third kappa shape index (κ3) is 23.4. The van der Waals surface area contributed by atoms with E-state index in [2.05, 4.69) is 66.8 Å². The second-order valence-electron chi connectivity index (χ2n) is 9.09. The van der Waals surface area contributed by atoms with E-state index in [9.17, 15) is 10.2 Å². The Kier molecular flexibility index (Phi) is 23.2. The summed E-state index contributed by atoms with van der Waals surface area (Å²) in [6.45, 7) is 3.68. The molecule has 0 fully saturated rings. The van der Waals surface area contributed by atoms with Crippen LogP contribution in [0.15, 0.2) is 72.9 Å². The Morgan fingerprint density at radius 3 is 1.32 bits per heavy atom. The first-order valence-electron chi connectivity index (χ1n) is 13.2. The van der Waals surface area contributed by atoms with E-state index in [1.807, 2.05) is 19.9 Å². The maximum Gasteiger partial charge on any atom is 0.0722 e. The Morgan fingerprint density at radius 2 is 0.882 bits per heavy atom. The lowest BCUT2D eigenvalue weighted by Crippen LogP contribution is -2.31. The molecule has 4 heteroatoms. The fourth-order valence-corrected chi connectivity index (χ4v) is 3.16. The summed E-state index contributed by atoms with van der Waals surface area (Å²) in [5, 5.41) is 19.3. The molecular weight excluding hydrogens is 420 g/mol. The molecule has 0 aromatic heterocycles. The quantitative estimate of drug-likeness (QED) is 0.114. The molecule has 0 saturated heterocycles. The van der Waals surface area contributed by atoms with Crippen molar-refractivity contribution in [2.45, 2.75) is 115 Å². The van der Waals surface area contributed by atoms with Gasteiger partial charge >= 0.3 is 0 Å². The summed E-state index contributed by atoms with van der Waals surface area (Å²) >= 11 is 0. The van der Waals surface area contributed by atoms with E-state index in [0.29, 0.717) is 6.42 Å². The first kappa shape index (κ1) is 32.3. The SMILES string of the molecule is C[C@H](N)[C@H](O)C/C=C\C/C=C\C/C=C\C/C=C\C/C=C\C/C=C\CCCCCC[C@@H](O)[C@H](C)N. The van der Waals surface area contributed by atoms with E-state index in [1.54, 1.807) is 0 Å². The molecule has 0 aliphatic carbocycles. The van der Waals surface area contributed by atoms with Crippen LogP contribution in [0.5, 0.6) is 0 Å². The van der Waals surface area contributed by atoms with E-state index >= 15 is 0 Å². The molecule has 0 saturated carbocycles. The lowest BCUT2D eigenvalue weighted by Gasteiger charge is -2.13. The van der Waals surface area contributed by atoms with Gasteiger partial charge in [-0.15, -0.1) is 0 Å². The van der Waals surface area contributed by atoms with Gasteiger partial charge in [-0.25, -0.2) is 0 Å². The monoisotopic (exact) mass is 472 g/mol. The fraction of sp³-hybridized carbons (Fsp3) is 0.600. The van der Waals surface area contributed by atoms with Gasteiger partial charge in [0.2, 0.25) is 0 Å². The van der Waals surface area contributed by atoms with Gasteiger partial charge in [-0.05, 0) is 71.6 Å². The minimum Gasteiger partial charge on any atom is -0.392 e. The van der Waals surface area contributed by atoms with E-state index < -0.39 is 6.10 Å². The van der Waals surface area contributed by atoms with Gasteiger partial charge in [0.05, 0.1) is 12.2 Å². The van der Waals surface area contributed by atoms with Crippen LogP contribution in [0.4, 0.5) is 0 Å². The number of rotatable bonds is 21. The van der Waals surface area contributed by atoms with Gasteiger partial charge in [0.1, 0.15) is 0 Å². The average Bonchev–Trinajstić information content (AvgIpc) is 2.81. The zero-order valence-corrected chi connectivity index (χ0v) is 21.8. The van der Waals surface area contributed by atoms with E-state index in [-0.39, 0.29) is 18.2 Å². The standard InChI is InChI=1S/C30H52N2O2/c1-27(31)29(33)25-23-21-19-17-15-13-11-9-7-5-3-4-6-8-10-12-14-16-18-20-22-24-26-30(34)28(2)32/h3,5-6,8-9,11-12,14-15,17,21,23,27-30,33-34H,4,7,10,13,16,18-20,22,24-26,31-32H2,1-2H3/b5-3-,8-6-,11-9-,14-12-,17-15-,23-21-/t27-,28-,29+,30+/m0/s1. The minimum atomic E-state index is -0.451. The van der Waals surface area contributed by atoms with E-state index in [0.717, 1.165) is 51.4 Å². The number of nitrogens with two attached hydrogens (primary N) is 2. The summed E-state index contributed by atoms with van der Waals surface area (Å²) in [6.07, 6.45) is 37.4. The third-order valence-corrected chi connectivity index (χ3v) is 5.57. The van der Waals surface area contributed by atoms with Gasteiger partial charge in [0, 0.05) is 12.1 Å². The van der Waals surface area contributed by atoms with Crippen LogP contribution in [0.1, 0.15) is 90.9 Å². The molecule has 0 radical (unpaired) electrons. The van der Waals surface area contributed by atoms with Crippen LogP contribution in [-0.4, -0.2) is 34.5 Å². The van der Waals surface area contributed by atoms with Crippen LogP contribution < -0.4 is 11.5 Å². The van der Waals surface area contributed by atoms with E-state index in [1.165, 1.54) is 19.3 Å². The van der Waals surface area contributed by atoms with Crippen LogP contribution in [0.25, 0.3) is 0 Å². The third-order valence-electron chi connectivity index (χ3n) is 5.57. The topological polar surface area (TPSA) is 92.5 Å². The average molecular weight is 473 g/mol. The highest BCUT2D eigenvalue weighted by molar-refractivity contribution is 5.01. The molecule has 0 aromatic rings. The number of unbranched alkanes of at least 4 members (excludes halogenated alkanes) is 4. The highest BCUT2D eigenvalue weighted by Gasteiger charge is 2.08. The van der Waals surface area contributed by atoms with Crippen LogP contribution in [0.2, 0.25) is 0 Å². The van der Waals surface area contributed by atoms with Crippen molar-refractivity contribution in [2.24, 2.45) is 11.5 Å².